The van der Waals surface area contributed by atoms with Crippen molar-refractivity contribution in [2.75, 3.05) is 6.61 Å². The first-order valence-corrected chi connectivity index (χ1v) is 3.33. The second-order valence-corrected chi connectivity index (χ2v) is 2.72. The van der Waals surface area contributed by atoms with Crippen molar-refractivity contribution in [2.24, 2.45) is 0 Å². The Bertz CT molecular complexity index is 215. The van der Waals surface area contributed by atoms with Gasteiger partial charge in [0, 0.05) is 0 Å². The molecule has 0 radical (unpaired) electrons. The van der Waals surface area contributed by atoms with E-state index in [0.29, 0.717) is 0 Å². The summed E-state index contributed by atoms with van der Waals surface area (Å²) in [4.78, 5) is 3.82. The van der Waals surface area contributed by atoms with Gasteiger partial charge in [-0.2, -0.15) is 5.10 Å². The molecule has 1 saturated carbocycles. The zero-order chi connectivity index (χ0) is 7.03. The van der Waals surface area contributed by atoms with Crippen molar-refractivity contribution >= 4 is 0 Å². The standard InChI is InChI=1S/C6H9N3O/c10-3-6(1-2-6)9-5-7-4-8-9/h4-5,10H,1-3H2. The Morgan fingerprint density at radius 1 is 1.60 bits per heavy atom. The van der Waals surface area contributed by atoms with Crippen molar-refractivity contribution in [3.05, 3.63) is 12.7 Å². The minimum absolute atomic E-state index is 0.0868. The number of rotatable bonds is 2. The molecule has 1 aliphatic rings. The van der Waals surface area contributed by atoms with Crippen LogP contribution in [0.2, 0.25) is 0 Å². The third kappa shape index (κ3) is 0.654. The minimum Gasteiger partial charge on any atom is -0.394 e. The third-order valence-electron chi connectivity index (χ3n) is 2.03. The molecule has 1 aliphatic carbocycles. The van der Waals surface area contributed by atoms with Crippen LogP contribution >= 0.6 is 0 Å². The molecule has 1 fully saturated rings. The summed E-state index contributed by atoms with van der Waals surface area (Å²) in [5.41, 5.74) is -0.0868. The van der Waals surface area contributed by atoms with Gasteiger partial charge in [-0.15, -0.1) is 0 Å². The summed E-state index contributed by atoms with van der Waals surface area (Å²) in [5.74, 6) is 0. The van der Waals surface area contributed by atoms with Gasteiger partial charge in [-0.3, -0.25) is 0 Å². The fraction of sp³-hybridized carbons (Fsp3) is 0.667. The van der Waals surface area contributed by atoms with Crippen LogP contribution in [0.5, 0.6) is 0 Å². The van der Waals surface area contributed by atoms with Crippen molar-refractivity contribution in [2.45, 2.75) is 18.4 Å². The van der Waals surface area contributed by atoms with E-state index >= 15 is 0 Å². The van der Waals surface area contributed by atoms with Crippen molar-refractivity contribution in [1.82, 2.24) is 14.8 Å². The van der Waals surface area contributed by atoms with Gasteiger partial charge in [-0.05, 0) is 12.8 Å². The molecule has 0 saturated heterocycles. The molecule has 2 rings (SSSR count). The monoisotopic (exact) mass is 139 g/mol. The largest absolute Gasteiger partial charge is 0.394 e. The van der Waals surface area contributed by atoms with Crippen LogP contribution in [-0.2, 0) is 5.54 Å². The fourth-order valence-corrected chi connectivity index (χ4v) is 1.06. The molecule has 54 valence electrons. The third-order valence-corrected chi connectivity index (χ3v) is 2.03. The van der Waals surface area contributed by atoms with Crippen LogP contribution in [0.15, 0.2) is 12.7 Å². The molecule has 0 aliphatic heterocycles. The van der Waals surface area contributed by atoms with E-state index in [-0.39, 0.29) is 12.1 Å². The van der Waals surface area contributed by atoms with Gasteiger partial charge >= 0.3 is 0 Å². The molecule has 4 heteroatoms. The van der Waals surface area contributed by atoms with Gasteiger partial charge in [-0.1, -0.05) is 0 Å². The number of aromatic nitrogens is 3. The second-order valence-electron chi connectivity index (χ2n) is 2.72. The Labute approximate surface area is 58.5 Å². The SMILES string of the molecule is OCC1(n2cncn2)CC1. The molecular weight excluding hydrogens is 130 g/mol. The van der Waals surface area contributed by atoms with E-state index in [0.717, 1.165) is 12.8 Å². The van der Waals surface area contributed by atoms with E-state index in [1.165, 1.54) is 6.33 Å². The predicted octanol–water partition coefficient (Wildman–Crippen LogP) is -0.240. The quantitative estimate of drug-likeness (QED) is 0.615. The molecule has 1 heterocycles. The maximum atomic E-state index is 8.94. The van der Waals surface area contributed by atoms with E-state index in [9.17, 15) is 0 Å². The molecular formula is C6H9N3O. The highest BCUT2D eigenvalue weighted by molar-refractivity contribution is 4.97. The Morgan fingerprint density at radius 3 is 2.80 bits per heavy atom. The Morgan fingerprint density at radius 2 is 2.40 bits per heavy atom. The first-order chi connectivity index (χ1) is 4.87. The number of aliphatic hydroxyl groups excluding tert-OH is 1. The zero-order valence-corrected chi connectivity index (χ0v) is 5.56. The Kier molecular flexibility index (Phi) is 1.05. The molecule has 0 bridgehead atoms. The van der Waals surface area contributed by atoms with Gasteiger partial charge in [0.05, 0.1) is 12.1 Å². The molecule has 1 N–H and O–H groups in total. The molecule has 0 spiro atoms. The van der Waals surface area contributed by atoms with Gasteiger partial charge in [0.25, 0.3) is 0 Å². The van der Waals surface area contributed by atoms with E-state index < -0.39 is 0 Å². The molecule has 0 unspecified atom stereocenters. The van der Waals surface area contributed by atoms with Crippen LogP contribution in [0.3, 0.4) is 0 Å². The predicted molar refractivity (Wildman–Crippen MR) is 34.3 cm³/mol. The molecule has 1 aromatic rings. The lowest BCUT2D eigenvalue weighted by molar-refractivity contribution is 0.202. The number of hydrogen-bond donors (Lipinski definition) is 1. The molecule has 10 heavy (non-hydrogen) atoms. The molecule has 0 amide bonds. The first kappa shape index (κ1) is 5.85. The van der Waals surface area contributed by atoms with Crippen molar-refractivity contribution in [3.63, 3.8) is 0 Å². The Hall–Kier alpha value is -0.900. The first-order valence-electron chi connectivity index (χ1n) is 3.33. The summed E-state index contributed by atoms with van der Waals surface area (Å²) in [6.45, 7) is 0.177. The molecule has 0 atom stereocenters. The van der Waals surface area contributed by atoms with Crippen LogP contribution < -0.4 is 0 Å². The van der Waals surface area contributed by atoms with Crippen molar-refractivity contribution in [3.8, 4) is 0 Å². The molecule has 4 nitrogen and oxygen atoms in total. The van der Waals surface area contributed by atoms with Crippen molar-refractivity contribution in [1.29, 1.82) is 0 Å². The molecule has 0 aromatic carbocycles. The summed E-state index contributed by atoms with van der Waals surface area (Å²) < 4.78 is 1.74. The highest BCUT2D eigenvalue weighted by atomic mass is 16.3. The summed E-state index contributed by atoms with van der Waals surface area (Å²) in [6, 6.07) is 0. The summed E-state index contributed by atoms with van der Waals surface area (Å²) in [7, 11) is 0. The van der Waals surface area contributed by atoms with E-state index in [1.807, 2.05) is 0 Å². The average molecular weight is 139 g/mol. The van der Waals surface area contributed by atoms with E-state index in [4.69, 9.17) is 5.11 Å². The maximum absolute atomic E-state index is 8.94. The molecule has 1 aromatic heterocycles. The van der Waals surface area contributed by atoms with Gasteiger partial charge in [-0.25, -0.2) is 9.67 Å². The number of hydrogen-bond acceptors (Lipinski definition) is 3. The van der Waals surface area contributed by atoms with Crippen LogP contribution in [0.4, 0.5) is 0 Å². The van der Waals surface area contributed by atoms with Crippen molar-refractivity contribution < 1.29 is 5.11 Å². The highest BCUT2D eigenvalue weighted by Crippen LogP contribution is 2.41. The second kappa shape index (κ2) is 1.79. The lowest BCUT2D eigenvalue weighted by Gasteiger charge is -2.09. The number of nitrogens with zero attached hydrogens (tertiary/aromatic N) is 3. The summed E-state index contributed by atoms with van der Waals surface area (Å²) in [5, 5.41) is 12.9. The maximum Gasteiger partial charge on any atom is 0.137 e. The van der Waals surface area contributed by atoms with Gasteiger partial charge in [0.15, 0.2) is 0 Å². The van der Waals surface area contributed by atoms with Gasteiger partial charge < -0.3 is 5.11 Å². The normalized spacial score (nSPS) is 20.9. The summed E-state index contributed by atoms with van der Waals surface area (Å²) in [6.07, 6.45) is 5.19. The van der Waals surface area contributed by atoms with Gasteiger partial charge in [0.2, 0.25) is 0 Å². The Balaban J connectivity index is 2.27. The van der Waals surface area contributed by atoms with Gasteiger partial charge in [0.1, 0.15) is 12.7 Å². The highest BCUT2D eigenvalue weighted by Gasteiger charge is 2.44. The smallest absolute Gasteiger partial charge is 0.137 e. The number of aliphatic hydroxyl groups is 1. The lowest BCUT2D eigenvalue weighted by Crippen LogP contribution is -2.21. The average Bonchev–Trinajstić information content (AvgIpc) is 2.58. The minimum atomic E-state index is -0.0868. The van der Waals surface area contributed by atoms with E-state index in [2.05, 4.69) is 10.1 Å². The van der Waals surface area contributed by atoms with Crippen LogP contribution in [0, 0.1) is 0 Å². The van der Waals surface area contributed by atoms with Crippen LogP contribution in [0.25, 0.3) is 0 Å². The van der Waals surface area contributed by atoms with Crippen LogP contribution in [-0.4, -0.2) is 26.5 Å². The lowest BCUT2D eigenvalue weighted by atomic mass is 10.3. The van der Waals surface area contributed by atoms with Crippen LogP contribution in [0.1, 0.15) is 12.8 Å². The van der Waals surface area contributed by atoms with E-state index in [1.54, 1.807) is 11.0 Å². The fourth-order valence-electron chi connectivity index (χ4n) is 1.06. The summed E-state index contributed by atoms with van der Waals surface area (Å²) >= 11 is 0. The topological polar surface area (TPSA) is 50.9 Å². The zero-order valence-electron chi connectivity index (χ0n) is 5.56.